The first-order valence-corrected chi connectivity index (χ1v) is 7.63. The van der Waals surface area contributed by atoms with Gasteiger partial charge in [-0.2, -0.15) is 0 Å². The lowest BCUT2D eigenvalue weighted by atomic mass is 9.90. The van der Waals surface area contributed by atoms with Gasteiger partial charge in [-0.1, -0.05) is 12.1 Å². The van der Waals surface area contributed by atoms with E-state index in [-0.39, 0.29) is 30.8 Å². The molecule has 1 fully saturated rings. The zero-order valence-electron chi connectivity index (χ0n) is 12.7. The molecular formula is C16H19N3O4. The number of nitrogens with two attached hydrogens (primary N) is 1. The van der Waals surface area contributed by atoms with Gasteiger partial charge in [0.2, 0.25) is 5.91 Å². The van der Waals surface area contributed by atoms with Crippen LogP contribution in [0.1, 0.15) is 33.6 Å². The van der Waals surface area contributed by atoms with Crippen molar-refractivity contribution in [1.29, 1.82) is 0 Å². The fraction of sp³-hybridized carbons (Fsp3) is 0.438. The number of nitrogens with zero attached hydrogens (tertiary/aromatic N) is 1. The molecule has 2 aliphatic heterocycles. The number of carbonyl (C=O) groups excluding carboxylic acids is 3. The van der Waals surface area contributed by atoms with Crippen molar-refractivity contribution in [2.24, 2.45) is 5.73 Å². The first kappa shape index (κ1) is 15.6. The summed E-state index contributed by atoms with van der Waals surface area (Å²) in [7, 11) is 0. The van der Waals surface area contributed by atoms with Crippen molar-refractivity contribution in [2.45, 2.75) is 18.4 Å². The first-order chi connectivity index (χ1) is 11.0. The Kier molecular flexibility index (Phi) is 4.14. The molecule has 0 aliphatic carbocycles. The van der Waals surface area contributed by atoms with Crippen molar-refractivity contribution in [3.05, 3.63) is 35.4 Å². The predicted octanol–water partition coefficient (Wildman–Crippen LogP) is -0.0933. The number of ether oxygens (including phenoxy) is 1. The highest BCUT2D eigenvalue weighted by atomic mass is 16.5. The van der Waals surface area contributed by atoms with Gasteiger partial charge < -0.3 is 15.8 Å². The molecule has 122 valence electrons. The predicted molar refractivity (Wildman–Crippen MR) is 81.8 cm³/mol. The lowest BCUT2D eigenvalue weighted by Crippen LogP contribution is -2.57. The summed E-state index contributed by atoms with van der Waals surface area (Å²) in [5.74, 6) is -0.917. The number of rotatable bonds is 4. The Balaban J connectivity index is 1.57. The lowest BCUT2D eigenvalue weighted by molar-refractivity contribution is -0.129. The summed E-state index contributed by atoms with van der Waals surface area (Å²) in [5.41, 5.74) is 5.96. The van der Waals surface area contributed by atoms with Gasteiger partial charge in [-0.15, -0.1) is 0 Å². The summed E-state index contributed by atoms with van der Waals surface area (Å²) in [6, 6.07) is 6.70. The van der Waals surface area contributed by atoms with Crippen molar-refractivity contribution in [1.82, 2.24) is 10.2 Å². The van der Waals surface area contributed by atoms with Gasteiger partial charge in [0.05, 0.1) is 16.7 Å². The fourth-order valence-corrected chi connectivity index (χ4v) is 2.86. The van der Waals surface area contributed by atoms with Crippen molar-refractivity contribution in [2.75, 3.05) is 26.3 Å². The fourth-order valence-electron chi connectivity index (χ4n) is 2.86. The van der Waals surface area contributed by atoms with Crippen molar-refractivity contribution >= 4 is 17.7 Å². The van der Waals surface area contributed by atoms with Crippen LogP contribution in [0.5, 0.6) is 0 Å². The van der Waals surface area contributed by atoms with E-state index in [4.69, 9.17) is 10.5 Å². The Labute approximate surface area is 133 Å². The van der Waals surface area contributed by atoms with E-state index in [2.05, 4.69) is 5.32 Å². The van der Waals surface area contributed by atoms with E-state index in [9.17, 15) is 14.4 Å². The Morgan fingerprint density at radius 1 is 1.17 bits per heavy atom. The molecule has 0 radical (unpaired) electrons. The number of nitrogens with one attached hydrogen (secondary N) is 1. The standard InChI is InChI=1S/C16H19N3O4/c17-16(5-9-23-10-6-16)15(22)18-7-8-19-13(20)11-3-1-2-4-12(11)14(19)21/h1-4H,5-10,17H2,(H,18,22). The first-order valence-electron chi connectivity index (χ1n) is 7.63. The van der Waals surface area contributed by atoms with Crippen LogP contribution in [0.15, 0.2) is 24.3 Å². The molecule has 3 amide bonds. The van der Waals surface area contributed by atoms with Gasteiger partial charge in [-0.25, -0.2) is 0 Å². The van der Waals surface area contributed by atoms with Gasteiger partial charge in [0, 0.05) is 26.3 Å². The number of hydrogen-bond donors (Lipinski definition) is 2. The summed E-state index contributed by atoms with van der Waals surface area (Å²) in [5, 5.41) is 2.72. The van der Waals surface area contributed by atoms with Crippen LogP contribution in [0.2, 0.25) is 0 Å². The average molecular weight is 317 g/mol. The highest BCUT2D eigenvalue weighted by Gasteiger charge is 2.37. The third-order valence-corrected chi connectivity index (χ3v) is 4.34. The molecule has 1 aromatic rings. The van der Waals surface area contributed by atoms with E-state index in [0.717, 1.165) is 4.90 Å². The molecule has 0 unspecified atom stereocenters. The van der Waals surface area contributed by atoms with Gasteiger partial charge in [0.25, 0.3) is 11.8 Å². The largest absolute Gasteiger partial charge is 0.381 e. The van der Waals surface area contributed by atoms with E-state index < -0.39 is 5.54 Å². The monoisotopic (exact) mass is 317 g/mol. The molecule has 7 nitrogen and oxygen atoms in total. The highest BCUT2D eigenvalue weighted by Crippen LogP contribution is 2.22. The summed E-state index contributed by atoms with van der Waals surface area (Å²) in [6.07, 6.45) is 0.928. The molecule has 1 saturated heterocycles. The summed E-state index contributed by atoms with van der Waals surface area (Å²) in [6.45, 7) is 1.24. The van der Waals surface area contributed by atoms with Crippen LogP contribution in [-0.2, 0) is 9.53 Å². The molecule has 0 aromatic heterocycles. The number of carbonyl (C=O) groups is 3. The third-order valence-electron chi connectivity index (χ3n) is 4.34. The number of imide groups is 1. The molecule has 0 bridgehead atoms. The Morgan fingerprint density at radius 2 is 1.74 bits per heavy atom. The van der Waals surface area contributed by atoms with Crippen molar-refractivity contribution in [3.63, 3.8) is 0 Å². The van der Waals surface area contributed by atoms with Crippen LogP contribution in [0.4, 0.5) is 0 Å². The average Bonchev–Trinajstić information content (AvgIpc) is 2.81. The maximum Gasteiger partial charge on any atom is 0.261 e. The van der Waals surface area contributed by atoms with E-state index in [1.807, 2.05) is 0 Å². The highest BCUT2D eigenvalue weighted by molar-refractivity contribution is 6.21. The molecule has 7 heteroatoms. The Morgan fingerprint density at radius 3 is 2.30 bits per heavy atom. The molecule has 3 N–H and O–H groups in total. The van der Waals surface area contributed by atoms with E-state index >= 15 is 0 Å². The van der Waals surface area contributed by atoms with Crippen LogP contribution in [-0.4, -0.2) is 54.5 Å². The van der Waals surface area contributed by atoms with Crippen molar-refractivity contribution in [3.8, 4) is 0 Å². The lowest BCUT2D eigenvalue weighted by Gasteiger charge is -2.31. The van der Waals surface area contributed by atoms with Crippen LogP contribution >= 0.6 is 0 Å². The van der Waals surface area contributed by atoms with Gasteiger partial charge in [-0.3, -0.25) is 19.3 Å². The van der Waals surface area contributed by atoms with Gasteiger partial charge in [-0.05, 0) is 25.0 Å². The molecule has 0 spiro atoms. The van der Waals surface area contributed by atoms with Crippen molar-refractivity contribution < 1.29 is 19.1 Å². The molecule has 2 aliphatic rings. The normalized spacial score (nSPS) is 19.6. The van der Waals surface area contributed by atoms with Crippen LogP contribution in [0.3, 0.4) is 0 Å². The van der Waals surface area contributed by atoms with E-state index in [1.54, 1.807) is 24.3 Å². The summed E-state index contributed by atoms with van der Waals surface area (Å²) in [4.78, 5) is 37.7. The minimum absolute atomic E-state index is 0.130. The second kappa shape index (κ2) is 6.10. The molecule has 0 atom stereocenters. The number of benzene rings is 1. The number of fused-ring (bicyclic) bond motifs is 1. The van der Waals surface area contributed by atoms with E-state index in [1.165, 1.54) is 0 Å². The van der Waals surface area contributed by atoms with Gasteiger partial charge >= 0.3 is 0 Å². The molecule has 1 aromatic carbocycles. The van der Waals surface area contributed by atoms with Gasteiger partial charge in [0.15, 0.2) is 0 Å². The topological polar surface area (TPSA) is 102 Å². The summed E-state index contributed by atoms with van der Waals surface area (Å²) >= 11 is 0. The zero-order valence-corrected chi connectivity index (χ0v) is 12.7. The zero-order chi connectivity index (χ0) is 16.4. The number of amides is 3. The quantitative estimate of drug-likeness (QED) is 0.756. The van der Waals surface area contributed by atoms with Crippen LogP contribution in [0, 0.1) is 0 Å². The minimum Gasteiger partial charge on any atom is -0.381 e. The Hall–Kier alpha value is -2.25. The number of hydrogen-bond acceptors (Lipinski definition) is 5. The molecular weight excluding hydrogens is 298 g/mol. The molecule has 2 heterocycles. The SMILES string of the molecule is NC1(C(=O)NCCN2C(=O)c3ccccc3C2=O)CCOCC1. The third kappa shape index (κ3) is 2.85. The Bertz CT molecular complexity index is 617. The molecule has 0 saturated carbocycles. The second-order valence-electron chi connectivity index (χ2n) is 5.83. The van der Waals surface area contributed by atoms with Gasteiger partial charge in [0.1, 0.15) is 0 Å². The maximum absolute atomic E-state index is 12.2. The smallest absolute Gasteiger partial charge is 0.261 e. The molecule has 3 rings (SSSR count). The van der Waals surface area contributed by atoms with Crippen LogP contribution in [0.25, 0.3) is 0 Å². The summed E-state index contributed by atoms with van der Waals surface area (Å²) < 4.78 is 5.21. The van der Waals surface area contributed by atoms with Crippen LogP contribution < -0.4 is 11.1 Å². The van der Waals surface area contributed by atoms with E-state index in [0.29, 0.717) is 37.2 Å². The second-order valence-corrected chi connectivity index (χ2v) is 5.83. The molecule has 23 heavy (non-hydrogen) atoms. The minimum atomic E-state index is -0.930. The maximum atomic E-state index is 12.2.